The van der Waals surface area contributed by atoms with Crippen LogP contribution in [-0.2, 0) is 17.5 Å². The molecule has 0 aliphatic heterocycles. The van der Waals surface area contributed by atoms with Crippen molar-refractivity contribution in [1.29, 1.82) is 0 Å². The van der Waals surface area contributed by atoms with Gasteiger partial charge in [-0.2, -0.15) is 13.2 Å². The molecule has 0 bridgehead atoms. The molecule has 156 valence electrons. The number of carbonyl (C=O) groups is 1. The molecule has 3 rings (SSSR count). The van der Waals surface area contributed by atoms with Crippen LogP contribution in [0.3, 0.4) is 0 Å². The molecule has 0 saturated heterocycles. The number of hydrogen-bond donors (Lipinski definition) is 1. The fraction of sp³-hybridized carbons (Fsp3) is 0.381. The fourth-order valence-electron chi connectivity index (χ4n) is 3.39. The number of carbonyl (C=O) groups excluding carboxylic acids is 1. The Morgan fingerprint density at radius 3 is 2.21 bits per heavy atom. The summed E-state index contributed by atoms with van der Waals surface area (Å²) in [5.41, 5.74) is 0.774. The summed E-state index contributed by atoms with van der Waals surface area (Å²) in [5, 5.41) is 2.86. The Bertz CT molecular complexity index is 881. The van der Waals surface area contributed by atoms with Gasteiger partial charge in [-0.1, -0.05) is 12.1 Å². The van der Waals surface area contributed by atoms with E-state index in [0.29, 0.717) is 23.7 Å². The molecular weight excluding hydrogens is 387 g/mol. The highest BCUT2D eigenvalue weighted by Crippen LogP contribution is 2.48. The predicted molar refractivity (Wildman–Crippen MR) is 100 cm³/mol. The van der Waals surface area contributed by atoms with Gasteiger partial charge in [-0.15, -0.1) is 0 Å². The number of benzene rings is 2. The van der Waals surface area contributed by atoms with Gasteiger partial charge in [0.1, 0.15) is 0 Å². The van der Waals surface area contributed by atoms with Gasteiger partial charge < -0.3 is 19.5 Å². The average Bonchev–Trinajstić information content (AvgIpc) is 3.51. The minimum atomic E-state index is -4.36. The smallest absolute Gasteiger partial charge is 0.416 e. The second-order valence-corrected chi connectivity index (χ2v) is 6.78. The summed E-state index contributed by atoms with van der Waals surface area (Å²) in [5.74, 6) is 0.969. The van der Waals surface area contributed by atoms with Crippen molar-refractivity contribution in [2.45, 2.75) is 25.1 Å². The fourth-order valence-corrected chi connectivity index (χ4v) is 3.39. The van der Waals surface area contributed by atoms with Crippen molar-refractivity contribution >= 4 is 5.91 Å². The molecule has 2 aromatic carbocycles. The van der Waals surface area contributed by atoms with Gasteiger partial charge in [0.2, 0.25) is 11.7 Å². The molecular formula is C21H22F3NO4. The SMILES string of the molecule is COc1ccc(CNC(=O)C2CC2c2ccc(C(F)(F)F)cc2)c(OC)c1OC. The van der Waals surface area contributed by atoms with Gasteiger partial charge in [-0.25, -0.2) is 0 Å². The zero-order valence-electron chi connectivity index (χ0n) is 16.3. The van der Waals surface area contributed by atoms with E-state index in [1.165, 1.54) is 33.5 Å². The zero-order chi connectivity index (χ0) is 21.2. The van der Waals surface area contributed by atoms with Crippen LogP contribution >= 0.6 is 0 Å². The largest absolute Gasteiger partial charge is 0.493 e. The van der Waals surface area contributed by atoms with Gasteiger partial charge in [0.05, 0.1) is 26.9 Å². The number of alkyl halides is 3. The lowest BCUT2D eigenvalue weighted by atomic mass is 10.1. The Morgan fingerprint density at radius 1 is 1.00 bits per heavy atom. The lowest BCUT2D eigenvalue weighted by Crippen LogP contribution is -2.25. The number of halogens is 3. The standard InChI is InChI=1S/C21H22F3NO4/c1-27-17-9-6-13(18(28-2)19(17)29-3)11-25-20(26)16-10-15(16)12-4-7-14(8-5-12)21(22,23)24/h4-9,15-16H,10-11H2,1-3H3,(H,25,26). The molecule has 1 aliphatic rings. The summed E-state index contributed by atoms with van der Waals surface area (Å²) in [6.45, 7) is 0.235. The zero-order valence-corrected chi connectivity index (χ0v) is 16.3. The highest BCUT2D eigenvalue weighted by atomic mass is 19.4. The Kier molecular flexibility index (Phi) is 5.91. The van der Waals surface area contributed by atoms with Gasteiger partial charge in [0.25, 0.3) is 0 Å². The normalized spacial score (nSPS) is 18.1. The molecule has 1 fully saturated rings. The summed E-state index contributed by atoms with van der Waals surface area (Å²) in [6, 6.07) is 8.50. The predicted octanol–water partition coefficient (Wildman–Crippen LogP) is 4.15. The van der Waals surface area contributed by atoms with Gasteiger partial charge in [0, 0.05) is 18.0 Å². The van der Waals surface area contributed by atoms with Crippen LogP contribution in [0.25, 0.3) is 0 Å². The number of methoxy groups -OCH3 is 3. The van der Waals surface area contributed by atoms with Crippen LogP contribution in [0.4, 0.5) is 13.2 Å². The quantitative estimate of drug-likeness (QED) is 0.747. The van der Waals surface area contributed by atoms with Crippen LogP contribution in [0.5, 0.6) is 17.2 Å². The summed E-state index contributed by atoms with van der Waals surface area (Å²) in [4.78, 5) is 12.5. The minimum absolute atomic E-state index is 0.0652. The summed E-state index contributed by atoms with van der Waals surface area (Å²) < 4.78 is 54.0. The second-order valence-electron chi connectivity index (χ2n) is 6.78. The van der Waals surface area contributed by atoms with Crippen LogP contribution < -0.4 is 19.5 Å². The van der Waals surface area contributed by atoms with E-state index in [4.69, 9.17) is 14.2 Å². The van der Waals surface area contributed by atoms with Gasteiger partial charge in [-0.3, -0.25) is 4.79 Å². The van der Waals surface area contributed by atoms with Crippen LogP contribution in [0.15, 0.2) is 36.4 Å². The monoisotopic (exact) mass is 409 g/mol. The first-order chi connectivity index (χ1) is 13.8. The molecule has 1 aliphatic carbocycles. The molecule has 2 aromatic rings. The van der Waals surface area contributed by atoms with Crippen LogP contribution in [0.1, 0.15) is 29.0 Å². The molecule has 0 heterocycles. The van der Waals surface area contributed by atoms with E-state index in [9.17, 15) is 18.0 Å². The molecule has 1 N–H and O–H groups in total. The number of hydrogen-bond acceptors (Lipinski definition) is 4. The van der Waals surface area contributed by atoms with E-state index < -0.39 is 11.7 Å². The van der Waals surface area contributed by atoms with Crippen LogP contribution in [0.2, 0.25) is 0 Å². The second kappa shape index (κ2) is 8.23. The maximum absolute atomic E-state index is 12.7. The van der Waals surface area contributed by atoms with Crippen molar-refractivity contribution in [3.8, 4) is 17.2 Å². The Labute approximate surface area is 166 Å². The van der Waals surface area contributed by atoms with Crippen molar-refractivity contribution in [2.24, 2.45) is 5.92 Å². The van der Waals surface area contributed by atoms with E-state index in [-0.39, 0.29) is 24.3 Å². The van der Waals surface area contributed by atoms with E-state index in [0.717, 1.165) is 23.3 Å². The maximum Gasteiger partial charge on any atom is 0.416 e. The highest BCUT2D eigenvalue weighted by molar-refractivity contribution is 5.83. The van der Waals surface area contributed by atoms with E-state index in [1.807, 2.05) is 0 Å². The number of nitrogens with one attached hydrogen (secondary N) is 1. The van der Waals surface area contributed by atoms with Crippen molar-refractivity contribution in [1.82, 2.24) is 5.32 Å². The molecule has 1 saturated carbocycles. The van der Waals surface area contributed by atoms with E-state index >= 15 is 0 Å². The third kappa shape index (κ3) is 4.41. The third-order valence-corrected chi connectivity index (χ3v) is 5.03. The molecule has 0 aromatic heterocycles. The van der Waals surface area contributed by atoms with E-state index in [1.54, 1.807) is 12.1 Å². The number of amides is 1. The summed E-state index contributed by atoms with van der Waals surface area (Å²) >= 11 is 0. The third-order valence-electron chi connectivity index (χ3n) is 5.03. The van der Waals surface area contributed by atoms with Crippen molar-refractivity contribution < 1.29 is 32.2 Å². The highest BCUT2D eigenvalue weighted by Gasteiger charge is 2.44. The van der Waals surface area contributed by atoms with Crippen molar-refractivity contribution in [2.75, 3.05) is 21.3 Å². The molecule has 0 radical (unpaired) electrons. The molecule has 5 nitrogen and oxygen atoms in total. The first-order valence-corrected chi connectivity index (χ1v) is 9.02. The summed E-state index contributed by atoms with van der Waals surface area (Å²) in [7, 11) is 4.53. The maximum atomic E-state index is 12.7. The summed E-state index contributed by atoms with van der Waals surface area (Å²) in [6.07, 6.45) is -3.75. The molecule has 1 amide bonds. The van der Waals surface area contributed by atoms with Crippen molar-refractivity contribution in [3.63, 3.8) is 0 Å². The van der Waals surface area contributed by atoms with Gasteiger partial charge >= 0.3 is 6.18 Å². The van der Waals surface area contributed by atoms with Crippen LogP contribution in [0, 0.1) is 5.92 Å². The molecule has 8 heteroatoms. The topological polar surface area (TPSA) is 56.8 Å². The lowest BCUT2D eigenvalue weighted by Gasteiger charge is -2.16. The molecule has 0 spiro atoms. The molecule has 2 atom stereocenters. The molecule has 2 unspecified atom stereocenters. The Morgan fingerprint density at radius 2 is 1.66 bits per heavy atom. The minimum Gasteiger partial charge on any atom is -0.493 e. The first kappa shape index (κ1) is 20.8. The number of ether oxygens (including phenoxy) is 3. The lowest BCUT2D eigenvalue weighted by molar-refractivity contribution is -0.137. The van der Waals surface area contributed by atoms with Crippen molar-refractivity contribution in [3.05, 3.63) is 53.1 Å². The van der Waals surface area contributed by atoms with Gasteiger partial charge in [-0.05, 0) is 42.2 Å². The van der Waals surface area contributed by atoms with Crippen LogP contribution in [-0.4, -0.2) is 27.2 Å². The first-order valence-electron chi connectivity index (χ1n) is 9.02. The Hall–Kier alpha value is -2.90. The molecule has 29 heavy (non-hydrogen) atoms. The van der Waals surface area contributed by atoms with E-state index in [2.05, 4.69) is 5.32 Å². The Balaban J connectivity index is 1.63. The number of rotatable bonds is 7. The average molecular weight is 409 g/mol. The van der Waals surface area contributed by atoms with Gasteiger partial charge in [0.15, 0.2) is 11.5 Å².